The van der Waals surface area contributed by atoms with E-state index in [1.54, 1.807) is 0 Å². The van der Waals surface area contributed by atoms with Gasteiger partial charge in [0.15, 0.2) is 0 Å². The summed E-state index contributed by atoms with van der Waals surface area (Å²) >= 11 is 0. The summed E-state index contributed by atoms with van der Waals surface area (Å²) in [6, 6.07) is 7.65. The zero-order chi connectivity index (χ0) is 21.1. The molecule has 0 aliphatic carbocycles. The fourth-order valence-corrected chi connectivity index (χ4v) is 2.54. The summed E-state index contributed by atoms with van der Waals surface area (Å²) in [5.74, 6) is -0.0385. The van der Waals surface area contributed by atoms with Gasteiger partial charge in [0.1, 0.15) is 24.5 Å². The van der Waals surface area contributed by atoms with Crippen molar-refractivity contribution in [3.63, 3.8) is 0 Å². The van der Waals surface area contributed by atoms with Gasteiger partial charge in [-0.3, -0.25) is 5.10 Å². The maximum atomic E-state index is 13.1. The van der Waals surface area contributed by atoms with E-state index in [2.05, 4.69) is 19.9 Å². The van der Waals surface area contributed by atoms with Crippen LogP contribution < -0.4 is 4.74 Å². The molecule has 3 aromatic rings. The molecule has 0 saturated carbocycles. The summed E-state index contributed by atoms with van der Waals surface area (Å²) < 4.78 is 85.4. The Kier molecular flexibility index (Phi) is 5.78. The van der Waals surface area contributed by atoms with Crippen LogP contribution in [0.15, 0.2) is 48.8 Å². The summed E-state index contributed by atoms with van der Waals surface area (Å²) in [5.41, 5.74) is -0.0102. The first-order valence-electron chi connectivity index (χ1n) is 8.10. The SMILES string of the molecule is FC(F)(F)Oc1ccc(-c2cc(C(F)(F)F)ccc2COCc2ncn[nH]2)cc1. The van der Waals surface area contributed by atoms with Crippen LogP contribution in [0.1, 0.15) is 17.0 Å². The highest BCUT2D eigenvalue weighted by atomic mass is 19.4. The fraction of sp³-hybridized carbons (Fsp3) is 0.222. The van der Waals surface area contributed by atoms with Crippen molar-refractivity contribution in [3.8, 4) is 16.9 Å². The third-order valence-corrected chi connectivity index (χ3v) is 3.80. The molecule has 0 aliphatic heterocycles. The smallest absolute Gasteiger partial charge is 0.406 e. The van der Waals surface area contributed by atoms with E-state index in [0.29, 0.717) is 11.4 Å². The first-order valence-corrected chi connectivity index (χ1v) is 8.10. The topological polar surface area (TPSA) is 60.0 Å². The highest BCUT2D eigenvalue weighted by Gasteiger charge is 2.32. The molecular weight excluding hydrogens is 404 g/mol. The monoisotopic (exact) mass is 417 g/mol. The Morgan fingerprint density at radius 3 is 2.21 bits per heavy atom. The molecule has 3 rings (SSSR count). The van der Waals surface area contributed by atoms with Gasteiger partial charge in [0, 0.05) is 0 Å². The van der Waals surface area contributed by atoms with E-state index in [4.69, 9.17) is 4.74 Å². The molecule has 1 N–H and O–H groups in total. The van der Waals surface area contributed by atoms with Crippen LogP contribution in [0.2, 0.25) is 0 Å². The lowest BCUT2D eigenvalue weighted by Gasteiger charge is -2.15. The number of aromatic nitrogens is 3. The van der Waals surface area contributed by atoms with Gasteiger partial charge in [-0.15, -0.1) is 13.2 Å². The summed E-state index contributed by atoms with van der Waals surface area (Å²) in [7, 11) is 0. The summed E-state index contributed by atoms with van der Waals surface area (Å²) in [6.45, 7) is 0.00773. The highest BCUT2D eigenvalue weighted by molar-refractivity contribution is 5.69. The second kappa shape index (κ2) is 8.11. The second-order valence-corrected chi connectivity index (χ2v) is 5.87. The van der Waals surface area contributed by atoms with Crippen LogP contribution in [-0.2, 0) is 24.1 Å². The molecule has 29 heavy (non-hydrogen) atoms. The minimum absolute atomic E-state index is 0.0467. The van der Waals surface area contributed by atoms with Gasteiger partial charge in [0.2, 0.25) is 0 Å². The van der Waals surface area contributed by atoms with E-state index in [0.717, 1.165) is 24.3 Å². The molecule has 0 spiro atoms. The highest BCUT2D eigenvalue weighted by Crippen LogP contribution is 2.35. The molecule has 0 radical (unpaired) electrons. The third kappa shape index (κ3) is 5.70. The first kappa shape index (κ1) is 20.6. The predicted octanol–water partition coefficient (Wildman–Crippen LogP) is 5.11. The molecule has 0 unspecified atom stereocenters. The number of H-pyrrole nitrogens is 1. The lowest BCUT2D eigenvalue weighted by Crippen LogP contribution is -2.16. The Morgan fingerprint density at radius 1 is 0.897 bits per heavy atom. The van der Waals surface area contributed by atoms with Gasteiger partial charge < -0.3 is 9.47 Å². The molecule has 11 heteroatoms. The molecule has 0 amide bonds. The minimum atomic E-state index is -4.86. The number of alkyl halides is 6. The molecule has 0 atom stereocenters. The number of benzene rings is 2. The van der Waals surface area contributed by atoms with Gasteiger partial charge in [0.05, 0.1) is 12.2 Å². The number of nitrogens with zero attached hydrogens (tertiary/aromatic N) is 2. The van der Waals surface area contributed by atoms with Crippen molar-refractivity contribution < 1.29 is 35.8 Å². The number of halogens is 6. The summed E-state index contributed by atoms with van der Waals surface area (Å²) in [6.07, 6.45) is -8.16. The molecule has 0 saturated heterocycles. The third-order valence-electron chi connectivity index (χ3n) is 3.80. The first-order chi connectivity index (χ1) is 13.6. The number of aromatic amines is 1. The van der Waals surface area contributed by atoms with Crippen molar-refractivity contribution in [1.29, 1.82) is 0 Å². The van der Waals surface area contributed by atoms with E-state index in [-0.39, 0.29) is 24.3 Å². The van der Waals surface area contributed by atoms with E-state index < -0.39 is 23.9 Å². The molecule has 0 bridgehead atoms. The van der Waals surface area contributed by atoms with Gasteiger partial charge in [-0.2, -0.15) is 18.3 Å². The Hall–Kier alpha value is -3.08. The molecule has 2 aromatic carbocycles. The Labute approximate surface area is 160 Å². The number of ether oxygens (including phenoxy) is 2. The maximum Gasteiger partial charge on any atom is 0.573 e. The van der Waals surface area contributed by atoms with E-state index in [9.17, 15) is 26.3 Å². The van der Waals surface area contributed by atoms with Crippen molar-refractivity contribution in [1.82, 2.24) is 15.2 Å². The van der Waals surface area contributed by atoms with Crippen molar-refractivity contribution in [2.75, 3.05) is 0 Å². The molecule has 0 aliphatic rings. The average molecular weight is 417 g/mol. The largest absolute Gasteiger partial charge is 0.573 e. The van der Waals surface area contributed by atoms with Crippen molar-refractivity contribution in [2.45, 2.75) is 25.8 Å². The fourth-order valence-electron chi connectivity index (χ4n) is 2.54. The molecule has 1 heterocycles. The number of rotatable bonds is 6. The lowest BCUT2D eigenvalue weighted by molar-refractivity contribution is -0.274. The molecule has 1 aromatic heterocycles. The Morgan fingerprint density at radius 2 is 1.62 bits per heavy atom. The predicted molar refractivity (Wildman–Crippen MR) is 88.4 cm³/mol. The quantitative estimate of drug-likeness (QED) is 0.567. The Balaban J connectivity index is 1.87. The summed E-state index contributed by atoms with van der Waals surface area (Å²) in [5, 5.41) is 6.23. The normalized spacial score (nSPS) is 12.2. The molecule has 5 nitrogen and oxygen atoms in total. The molecular formula is C18H13F6N3O2. The average Bonchev–Trinajstić information content (AvgIpc) is 3.14. The van der Waals surface area contributed by atoms with Crippen molar-refractivity contribution in [2.24, 2.45) is 0 Å². The van der Waals surface area contributed by atoms with Crippen LogP contribution in [0.25, 0.3) is 11.1 Å². The zero-order valence-electron chi connectivity index (χ0n) is 14.5. The van der Waals surface area contributed by atoms with Crippen LogP contribution in [0.4, 0.5) is 26.3 Å². The van der Waals surface area contributed by atoms with E-state index in [1.165, 1.54) is 24.5 Å². The van der Waals surface area contributed by atoms with E-state index in [1.807, 2.05) is 0 Å². The van der Waals surface area contributed by atoms with Gasteiger partial charge in [-0.25, -0.2) is 4.98 Å². The van der Waals surface area contributed by atoms with Crippen molar-refractivity contribution >= 4 is 0 Å². The van der Waals surface area contributed by atoms with Crippen molar-refractivity contribution in [3.05, 3.63) is 65.7 Å². The van der Waals surface area contributed by atoms with Crippen LogP contribution >= 0.6 is 0 Å². The summed E-state index contributed by atoms with van der Waals surface area (Å²) in [4.78, 5) is 3.87. The van der Waals surface area contributed by atoms with Crippen LogP contribution in [0.3, 0.4) is 0 Å². The van der Waals surface area contributed by atoms with Gasteiger partial charge in [-0.05, 0) is 41.0 Å². The lowest BCUT2D eigenvalue weighted by atomic mass is 9.97. The Bertz CT molecular complexity index is 938. The zero-order valence-corrected chi connectivity index (χ0v) is 14.5. The van der Waals surface area contributed by atoms with Crippen LogP contribution in [-0.4, -0.2) is 21.5 Å². The molecule has 154 valence electrons. The van der Waals surface area contributed by atoms with E-state index >= 15 is 0 Å². The second-order valence-electron chi connectivity index (χ2n) is 5.87. The van der Waals surface area contributed by atoms with Crippen LogP contribution in [0.5, 0.6) is 5.75 Å². The number of hydrogen-bond acceptors (Lipinski definition) is 4. The van der Waals surface area contributed by atoms with Crippen LogP contribution in [0, 0.1) is 0 Å². The van der Waals surface area contributed by atoms with Gasteiger partial charge in [0.25, 0.3) is 0 Å². The maximum absolute atomic E-state index is 13.1. The molecule has 0 fully saturated rings. The number of hydrogen-bond donors (Lipinski definition) is 1. The standard InChI is InChI=1S/C18H13F6N3O2/c19-17(20,21)13-4-1-12(8-28-9-16-25-10-26-27-16)15(7-13)11-2-5-14(6-3-11)29-18(22,23)24/h1-7,10H,8-9H2,(H,25,26,27). The minimum Gasteiger partial charge on any atom is -0.406 e. The number of nitrogens with one attached hydrogen (secondary N) is 1. The van der Waals surface area contributed by atoms with Gasteiger partial charge >= 0.3 is 12.5 Å². The van der Waals surface area contributed by atoms with Gasteiger partial charge in [-0.1, -0.05) is 18.2 Å².